The number of morpholine rings is 1. The van der Waals surface area contributed by atoms with Crippen molar-refractivity contribution in [1.29, 1.82) is 0 Å². The summed E-state index contributed by atoms with van der Waals surface area (Å²) < 4.78 is 10.2. The van der Waals surface area contributed by atoms with Crippen molar-refractivity contribution in [1.82, 2.24) is 10.2 Å². The average Bonchev–Trinajstić information content (AvgIpc) is 2.34. The third kappa shape index (κ3) is 4.92. The third-order valence-electron chi connectivity index (χ3n) is 2.72. The maximum Gasteiger partial charge on any atom is 0.236 e. The van der Waals surface area contributed by atoms with Crippen LogP contribution in [0.15, 0.2) is 0 Å². The Balaban J connectivity index is 2.13. The van der Waals surface area contributed by atoms with Crippen LogP contribution >= 0.6 is 0 Å². The van der Waals surface area contributed by atoms with Gasteiger partial charge >= 0.3 is 0 Å². The molecule has 5 heteroatoms. The molecule has 1 fully saturated rings. The summed E-state index contributed by atoms with van der Waals surface area (Å²) in [6, 6.07) is 0.310. The van der Waals surface area contributed by atoms with Gasteiger partial charge in [0.1, 0.15) is 0 Å². The van der Waals surface area contributed by atoms with E-state index in [0.717, 1.165) is 13.0 Å². The first-order chi connectivity index (χ1) is 7.74. The van der Waals surface area contributed by atoms with Gasteiger partial charge < -0.3 is 19.7 Å². The molecule has 0 aromatic heterocycles. The third-order valence-corrected chi connectivity index (χ3v) is 2.72. The van der Waals surface area contributed by atoms with E-state index < -0.39 is 0 Å². The van der Waals surface area contributed by atoms with Crippen LogP contribution in [0.4, 0.5) is 0 Å². The van der Waals surface area contributed by atoms with E-state index in [1.165, 1.54) is 0 Å². The van der Waals surface area contributed by atoms with Crippen LogP contribution in [-0.2, 0) is 14.3 Å². The van der Waals surface area contributed by atoms with Crippen molar-refractivity contribution in [2.45, 2.75) is 19.4 Å². The molecule has 0 spiro atoms. The number of nitrogens with zero attached hydrogens (tertiary/aromatic N) is 1. The monoisotopic (exact) mass is 230 g/mol. The Hall–Kier alpha value is -0.650. The molecular weight excluding hydrogens is 208 g/mol. The van der Waals surface area contributed by atoms with Crippen molar-refractivity contribution in [2.24, 2.45) is 0 Å². The first-order valence-corrected chi connectivity index (χ1v) is 5.82. The topological polar surface area (TPSA) is 50.8 Å². The largest absolute Gasteiger partial charge is 0.385 e. The highest BCUT2D eigenvalue weighted by atomic mass is 16.5. The summed E-state index contributed by atoms with van der Waals surface area (Å²) in [6.45, 7) is 5.94. The Morgan fingerprint density at radius 2 is 2.19 bits per heavy atom. The van der Waals surface area contributed by atoms with Gasteiger partial charge in [0.15, 0.2) is 0 Å². The smallest absolute Gasteiger partial charge is 0.236 e. The fourth-order valence-corrected chi connectivity index (χ4v) is 1.58. The maximum atomic E-state index is 11.8. The molecule has 94 valence electrons. The summed E-state index contributed by atoms with van der Waals surface area (Å²) in [5.74, 6) is 0.160. The lowest BCUT2D eigenvalue weighted by Crippen LogP contribution is -2.46. The Labute approximate surface area is 97.1 Å². The van der Waals surface area contributed by atoms with Crippen LogP contribution in [0.25, 0.3) is 0 Å². The van der Waals surface area contributed by atoms with Crippen LogP contribution in [0.1, 0.15) is 13.3 Å². The standard InChI is InChI=1S/C11H22N2O3/c1-10(3-6-15-2)12-9-11(14)13-4-7-16-8-5-13/h10,12H,3-9H2,1-2H3. The highest BCUT2D eigenvalue weighted by molar-refractivity contribution is 5.78. The van der Waals surface area contributed by atoms with Gasteiger partial charge in [-0.25, -0.2) is 0 Å². The van der Waals surface area contributed by atoms with E-state index >= 15 is 0 Å². The van der Waals surface area contributed by atoms with E-state index in [1.54, 1.807) is 7.11 Å². The summed E-state index contributed by atoms with van der Waals surface area (Å²) in [6.07, 6.45) is 0.924. The Morgan fingerprint density at radius 3 is 2.81 bits per heavy atom. The SMILES string of the molecule is COCCC(C)NCC(=O)N1CCOCC1. The zero-order valence-corrected chi connectivity index (χ0v) is 10.2. The first kappa shape index (κ1) is 13.4. The predicted molar refractivity (Wildman–Crippen MR) is 61.4 cm³/mol. The summed E-state index contributed by atoms with van der Waals surface area (Å²) >= 11 is 0. The number of hydrogen-bond acceptors (Lipinski definition) is 4. The van der Waals surface area contributed by atoms with Gasteiger partial charge in [-0.3, -0.25) is 4.79 Å². The van der Waals surface area contributed by atoms with E-state index in [1.807, 2.05) is 4.90 Å². The number of carbonyl (C=O) groups is 1. The van der Waals surface area contributed by atoms with Crippen LogP contribution in [0.2, 0.25) is 0 Å². The Bertz CT molecular complexity index is 205. The lowest BCUT2D eigenvalue weighted by molar-refractivity contribution is -0.134. The molecule has 1 heterocycles. The molecule has 1 amide bonds. The molecule has 1 saturated heterocycles. The second-order valence-electron chi connectivity index (χ2n) is 4.06. The molecule has 0 aliphatic carbocycles. The van der Waals surface area contributed by atoms with Crippen molar-refractivity contribution in [3.63, 3.8) is 0 Å². The van der Waals surface area contributed by atoms with Crippen molar-refractivity contribution < 1.29 is 14.3 Å². The molecule has 5 nitrogen and oxygen atoms in total. The van der Waals surface area contributed by atoms with Gasteiger partial charge in [-0.2, -0.15) is 0 Å². The second kappa shape index (κ2) is 7.60. The second-order valence-corrected chi connectivity index (χ2v) is 4.06. The Kier molecular flexibility index (Phi) is 6.37. The molecule has 0 radical (unpaired) electrons. The molecule has 16 heavy (non-hydrogen) atoms. The highest BCUT2D eigenvalue weighted by Crippen LogP contribution is 1.97. The number of carbonyl (C=O) groups excluding carboxylic acids is 1. The minimum absolute atomic E-state index is 0.160. The molecular formula is C11H22N2O3. The minimum atomic E-state index is 0.160. The van der Waals surface area contributed by atoms with Crippen LogP contribution in [0.3, 0.4) is 0 Å². The predicted octanol–water partition coefficient (Wildman–Crippen LogP) is -0.140. The lowest BCUT2D eigenvalue weighted by Gasteiger charge is -2.27. The molecule has 0 aromatic carbocycles. The van der Waals surface area contributed by atoms with Gasteiger partial charge in [0.25, 0.3) is 0 Å². The highest BCUT2D eigenvalue weighted by Gasteiger charge is 2.16. The van der Waals surface area contributed by atoms with Gasteiger partial charge in [-0.05, 0) is 13.3 Å². The quantitative estimate of drug-likeness (QED) is 0.690. The van der Waals surface area contributed by atoms with Crippen molar-refractivity contribution in [2.75, 3.05) is 46.6 Å². The fraction of sp³-hybridized carbons (Fsp3) is 0.909. The van der Waals surface area contributed by atoms with E-state index in [9.17, 15) is 4.79 Å². The molecule has 1 aliphatic rings. The van der Waals surface area contributed by atoms with E-state index in [4.69, 9.17) is 9.47 Å². The normalized spacial score (nSPS) is 18.5. The average molecular weight is 230 g/mol. The number of hydrogen-bond donors (Lipinski definition) is 1. The molecule has 1 N–H and O–H groups in total. The van der Waals surface area contributed by atoms with Crippen LogP contribution in [0, 0.1) is 0 Å². The van der Waals surface area contributed by atoms with E-state index in [-0.39, 0.29) is 5.91 Å². The van der Waals surface area contributed by atoms with Crippen molar-refractivity contribution in [3.8, 4) is 0 Å². The molecule has 1 aliphatic heterocycles. The molecule has 0 bridgehead atoms. The zero-order chi connectivity index (χ0) is 11.8. The van der Waals surface area contributed by atoms with Gasteiger partial charge in [-0.1, -0.05) is 0 Å². The number of nitrogens with one attached hydrogen (secondary N) is 1. The molecule has 0 saturated carbocycles. The van der Waals surface area contributed by atoms with Gasteiger partial charge in [0.05, 0.1) is 19.8 Å². The summed E-state index contributed by atoms with van der Waals surface area (Å²) in [5, 5.41) is 3.20. The minimum Gasteiger partial charge on any atom is -0.385 e. The number of ether oxygens (including phenoxy) is 2. The van der Waals surface area contributed by atoms with E-state index in [0.29, 0.717) is 38.9 Å². The zero-order valence-electron chi connectivity index (χ0n) is 10.2. The molecule has 1 unspecified atom stereocenters. The van der Waals surface area contributed by atoms with Crippen LogP contribution in [0.5, 0.6) is 0 Å². The Morgan fingerprint density at radius 1 is 1.50 bits per heavy atom. The first-order valence-electron chi connectivity index (χ1n) is 5.82. The summed E-state index contributed by atoms with van der Waals surface area (Å²) in [4.78, 5) is 13.6. The number of rotatable bonds is 6. The van der Waals surface area contributed by atoms with Gasteiger partial charge in [0, 0.05) is 32.8 Å². The van der Waals surface area contributed by atoms with Crippen LogP contribution in [-0.4, -0.2) is 63.4 Å². The lowest BCUT2D eigenvalue weighted by atomic mass is 10.2. The van der Waals surface area contributed by atoms with Crippen molar-refractivity contribution in [3.05, 3.63) is 0 Å². The summed E-state index contributed by atoms with van der Waals surface area (Å²) in [7, 11) is 1.69. The van der Waals surface area contributed by atoms with Gasteiger partial charge in [-0.15, -0.1) is 0 Å². The fourth-order valence-electron chi connectivity index (χ4n) is 1.58. The number of amides is 1. The van der Waals surface area contributed by atoms with Gasteiger partial charge in [0.2, 0.25) is 5.91 Å². The maximum absolute atomic E-state index is 11.8. The van der Waals surface area contributed by atoms with E-state index in [2.05, 4.69) is 12.2 Å². The molecule has 0 aromatic rings. The van der Waals surface area contributed by atoms with Crippen LogP contribution < -0.4 is 5.32 Å². The molecule has 1 atom stereocenters. The molecule has 1 rings (SSSR count). The van der Waals surface area contributed by atoms with Crippen molar-refractivity contribution >= 4 is 5.91 Å². The summed E-state index contributed by atoms with van der Waals surface area (Å²) in [5.41, 5.74) is 0. The number of methoxy groups -OCH3 is 1.